The summed E-state index contributed by atoms with van der Waals surface area (Å²) in [7, 11) is 3.18. The van der Waals surface area contributed by atoms with E-state index in [0.29, 0.717) is 44.0 Å². The van der Waals surface area contributed by atoms with Crippen molar-refractivity contribution in [1.82, 2.24) is 9.55 Å². The van der Waals surface area contributed by atoms with Crippen LogP contribution < -0.4 is 20.9 Å². The molecule has 0 aliphatic carbocycles. The first-order valence-electron chi connectivity index (χ1n) is 12.2. The summed E-state index contributed by atoms with van der Waals surface area (Å²) in [4.78, 5) is 33.2. The summed E-state index contributed by atoms with van der Waals surface area (Å²) in [5, 5.41) is 1.81. The number of hydrogen-bond donors (Lipinski definition) is 1. The van der Waals surface area contributed by atoms with E-state index in [0.717, 1.165) is 10.9 Å². The summed E-state index contributed by atoms with van der Waals surface area (Å²) in [6, 6.07) is 19.5. The predicted octanol–water partition coefficient (Wildman–Crippen LogP) is 6.76. The Kier molecular flexibility index (Phi) is 6.55. The summed E-state index contributed by atoms with van der Waals surface area (Å²) >= 11 is 6.73. The number of carbonyl (C=O) groups excluding carboxylic acids is 1. The van der Waals surface area contributed by atoms with Gasteiger partial charge in [0.15, 0.2) is 0 Å². The molecule has 0 bridgehead atoms. The van der Waals surface area contributed by atoms with E-state index < -0.39 is 11.6 Å². The molecule has 0 unspecified atom stereocenters. The molecule has 0 saturated carbocycles. The number of methoxy groups -OCH3 is 1. The van der Waals surface area contributed by atoms with Crippen molar-refractivity contribution >= 4 is 50.8 Å². The van der Waals surface area contributed by atoms with E-state index in [1.165, 1.54) is 16.6 Å². The Morgan fingerprint density at radius 1 is 1.03 bits per heavy atom. The molecule has 7 nitrogen and oxygen atoms in total. The van der Waals surface area contributed by atoms with Gasteiger partial charge in [-0.1, -0.05) is 49.7 Å². The number of nitrogens with two attached hydrogens (primary N) is 1. The number of fused-ring (bicyclic) bond motifs is 2. The smallest absolute Gasteiger partial charge is 0.324 e. The van der Waals surface area contributed by atoms with Gasteiger partial charge in [-0.05, 0) is 53.9 Å². The number of amides is 2. The fourth-order valence-corrected chi connectivity index (χ4v) is 5.13. The molecule has 2 amide bonds. The van der Waals surface area contributed by atoms with Gasteiger partial charge >= 0.3 is 6.03 Å². The molecular formula is C30H27ClN4O3. The Morgan fingerprint density at radius 3 is 2.47 bits per heavy atom. The van der Waals surface area contributed by atoms with E-state index in [2.05, 4.69) is 18.8 Å². The third-order valence-electron chi connectivity index (χ3n) is 6.81. The van der Waals surface area contributed by atoms with Crippen LogP contribution in [0.25, 0.3) is 32.9 Å². The molecule has 0 spiro atoms. The molecule has 8 heteroatoms. The molecule has 0 fully saturated rings. The number of anilines is 2. The molecule has 3 aromatic carbocycles. The summed E-state index contributed by atoms with van der Waals surface area (Å²) in [5.74, 6) is 0.600. The van der Waals surface area contributed by atoms with Gasteiger partial charge in [0, 0.05) is 40.2 Å². The van der Waals surface area contributed by atoms with Gasteiger partial charge in [-0.3, -0.25) is 14.7 Å². The lowest BCUT2D eigenvalue weighted by molar-refractivity contribution is 0.256. The Hall–Kier alpha value is -4.36. The number of aromatic nitrogens is 2. The van der Waals surface area contributed by atoms with Crippen LogP contribution in [0, 0.1) is 0 Å². The Balaban J connectivity index is 2.02. The predicted molar refractivity (Wildman–Crippen MR) is 154 cm³/mol. The maximum Gasteiger partial charge on any atom is 0.324 e. The van der Waals surface area contributed by atoms with Crippen molar-refractivity contribution in [3.63, 3.8) is 0 Å². The Labute approximate surface area is 225 Å². The van der Waals surface area contributed by atoms with Crippen LogP contribution in [0.2, 0.25) is 5.02 Å². The van der Waals surface area contributed by atoms with Gasteiger partial charge < -0.3 is 15.0 Å². The molecule has 0 atom stereocenters. The molecule has 0 radical (unpaired) electrons. The van der Waals surface area contributed by atoms with E-state index in [1.54, 1.807) is 37.5 Å². The van der Waals surface area contributed by atoms with Gasteiger partial charge in [-0.15, -0.1) is 0 Å². The van der Waals surface area contributed by atoms with E-state index in [-0.39, 0.29) is 11.6 Å². The first kappa shape index (κ1) is 25.3. The molecule has 0 aliphatic heterocycles. The SMILES string of the molecule is COc1ccc2ncccc2c1N(C(N)=O)c1c(-c2ccccc2Cl)c2cc(C(C)C)ccc2n(C)c1=O. The molecule has 0 aliphatic rings. The van der Waals surface area contributed by atoms with Crippen LogP contribution in [-0.4, -0.2) is 22.7 Å². The summed E-state index contributed by atoms with van der Waals surface area (Å²) in [5.41, 5.74) is 9.59. The average molecular weight is 527 g/mol. The molecule has 38 heavy (non-hydrogen) atoms. The highest BCUT2D eigenvalue weighted by Gasteiger charge is 2.30. The first-order chi connectivity index (χ1) is 18.2. The highest BCUT2D eigenvalue weighted by Crippen LogP contribution is 2.45. The minimum atomic E-state index is -0.843. The number of benzene rings is 3. The maximum absolute atomic E-state index is 14.2. The van der Waals surface area contributed by atoms with Crippen LogP contribution in [0.4, 0.5) is 16.2 Å². The number of nitrogens with zero attached hydrogens (tertiary/aromatic N) is 3. The van der Waals surface area contributed by atoms with Gasteiger partial charge in [-0.2, -0.15) is 0 Å². The average Bonchev–Trinajstić information content (AvgIpc) is 2.91. The lowest BCUT2D eigenvalue weighted by Gasteiger charge is -2.28. The molecule has 2 heterocycles. The normalized spacial score (nSPS) is 11.3. The second-order valence-corrected chi connectivity index (χ2v) is 9.77. The van der Waals surface area contributed by atoms with Crippen molar-refractivity contribution in [2.75, 3.05) is 12.0 Å². The van der Waals surface area contributed by atoms with E-state index in [9.17, 15) is 9.59 Å². The van der Waals surface area contributed by atoms with Crippen molar-refractivity contribution in [3.05, 3.63) is 93.9 Å². The van der Waals surface area contributed by atoms with Crippen LogP contribution in [0.3, 0.4) is 0 Å². The van der Waals surface area contributed by atoms with Crippen LogP contribution in [-0.2, 0) is 7.05 Å². The van der Waals surface area contributed by atoms with Crippen molar-refractivity contribution in [3.8, 4) is 16.9 Å². The maximum atomic E-state index is 14.2. The van der Waals surface area contributed by atoms with Crippen LogP contribution in [0.1, 0.15) is 25.3 Å². The molecule has 192 valence electrons. The van der Waals surface area contributed by atoms with Crippen LogP contribution >= 0.6 is 11.6 Å². The summed E-state index contributed by atoms with van der Waals surface area (Å²) < 4.78 is 7.20. The zero-order valence-electron chi connectivity index (χ0n) is 21.5. The molecule has 0 saturated heterocycles. The number of ether oxygens (including phenoxy) is 1. The molecule has 2 N–H and O–H groups in total. The lowest BCUT2D eigenvalue weighted by atomic mass is 9.94. The number of halogens is 1. The van der Waals surface area contributed by atoms with Crippen molar-refractivity contribution in [2.24, 2.45) is 12.8 Å². The Morgan fingerprint density at radius 2 is 1.79 bits per heavy atom. The number of aryl methyl sites for hydroxylation is 1. The van der Waals surface area contributed by atoms with Gasteiger partial charge in [0.05, 0.1) is 18.1 Å². The van der Waals surface area contributed by atoms with Crippen molar-refractivity contribution < 1.29 is 9.53 Å². The van der Waals surface area contributed by atoms with E-state index in [4.69, 9.17) is 22.1 Å². The number of primary amides is 1. The fraction of sp³-hybridized carbons (Fsp3) is 0.167. The number of urea groups is 1. The topological polar surface area (TPSA) is 90.4 Å². The minimum Gasteiger partial charge on any atom is -0.495 e. The zero-order valence-corrected chi connectivity index (χ0v) is 22.3. The fourth-order valence-electron chi connectivity index (χ4n) is 4.90. The molecular weight excluding hydrogens is 500 g/mol. The van der Waals surface area contributed by atoms with E-state index >= 15 is 0 Å². The minimum absolute atomic E-state index is 0.0798. The molecule has 2 aromatic heterocycles. The molecule has 5 aromatic rings. The number of pyridine rings is 2. The summed E-state index contributed by atoms with van der Waals surface area (Å²) in [6.07, 6.45) is 1.66. The lowest BCUT2D eigenvalue weighted by Crippen LogP contribution is -2.37. The summed E-state index contributed by atoms with van der Waals surface area (Å²) in [6.45, 7) is 4.20. The third kappa shape index (κ3) is 4.05. The van der Waals surface area contributed by atoms with Crippen molar-refractivity contribution in [1.29, 1.82) is 0 Å². The largest absolute Gasteiger partial charge is 0.495 e. The number of hydrogen-bond acceptors (Lipinski definition) is 4. The second kappa shape index (κ2) is 9.84. The van der Waals surface area contributed by atoms with Gasteiger partial charge in [0.2, 0.25) is 0 Å². The Bertz CT molecular complexity index is 1780. The quantitative estimate of drug-likeness (QED) is 0.274. The third-order valence-corrected chi connectivity index (χ3v) is 7.14. The van der Waals surface area contributed by atoms with E-state index in [1.807, 2.05) is 42.5 Å². The second-order valence-electron chi connectivity index (χ2n) is 9.36. The van der Waals surface area contributed by atoms with Crippen LogP contribution in [0.15, 0.2) is 77.7 Å². The zero-order chi connectivity index (χ0) is 27.1. The highest BCUT2D eigenvalue weighted by atomic mass is 35.5. The highest BCUT2D eigenvalue weighted by molar-refractivity contribution is 6.34. The van der Waals surface area contributed by atoms with Crippen LogP contribution in [0.5, 0.6) is 5.75 Å². The number of carbonyl (C=O) groups is 1. The monoisotopic (exact) mass is 526 g/mol. The van der Waals surface area contributed by atoms with Gasteiger partial charge in [0.1, 0.15) is 17.1 Å². The standard InChI is InChI=1S/C30H27ClN4O3/c1-17(2)18-11-13-24-21(16-18)26(19-8-5-6-10-22(19)31)28(29(36)34(24)3)35(30(32)37)27-20-9-7-15-33-23(20)12-14-25(27)38-4/h5-17H,1-4H3,(H2,32,37). The number of rotatable bonds is 5. The van der Waals surface area contributed by atoms with Crippen molar-refractivity contribution in [2.45, 2.75) is 19.8 Å². The van der Waals surface area contributed by atoms with Gasteiger partial charge in [0.25, 0.3) is 5.56 Å². The molecule has 5 rings (SSSR count). The van der Waals surface area contributed by atoms with Gasteiger partial charge in [-0.25, -0.2) is 4.79 Å². The first-order valence-corrected chi connectivity index (χ1v) is 12.5.